The molecule has 1 aliphatic heterocycles. The summed E-state index contributed by atoms with van der Waals surface area (Å²) < 4.78 is 26.3. The molecule has 1 fully saturated rings. The molecule has 2 aromatic heterocycles. The van der Waals surface area contributed by atoms with Crippen molar-refractivity contribution in [1.29, 1.82) is 0 Å². The van der Waals surface area contributed by atoms with Crippen LogP contribution in [0.2, 0.25) is 0 Å². The summed E-state index contributed by atoms with van der Waals surface area (Å²) in [5.74, 6) is 0.161. The summed E-state index contributed by atoms with van der Waals surface area (Å²) >= 11 is 1.44. The van der Waals surface area contributed by atoms with Crippen LogP contribution in [0.25, 0.3) is 10.2 Å². The summed E-state index contributed by atoms with van der Waals surface area (Å²) in [6, 6.07) is 7.59. The van der Waals surface area contributed by atoms with E-state index in [9.17, 15) is 13.2 Å². The van der Waals surface area contributed by atoms with Gasteiger partial charge in [-0.3, -0.25) is 9.48 Å². The summed E-state index contributed by atoms with van der Waals surface area (Å²) in [7, 11) is -2.99. The van der Waals surface area contributed by atoms with E-state index in [1.54, 1.807) is 4.68 Å². The maximum absolute atomic E-state index is 12.5. The van der Waals surface area contributed by atoms with E-state index in [2.05, 4.69) is 15.4 Å². The number of anilines is 1. The molecular formula is C18H20N4O3S2. The largest absolute Gasteiger partial charge is 0.302 e. The molecule has 1 saturated heterocycles. The van der Waals surface area contributed by atoms with Gasteiger partial charge in [0.25, 0.3) is 0 Å². The first-order valence-corrected chi connectivity index (χ1v) is 11.4. The molecule has 27 heavy (non-hydrogen) atoms. The smallest absolute Gasteiger partial charge is 0.230 e. The van der Waals surface area contributed by atoms with Gasteiger partial charge in [-0.05, 0) is 32.4 Å². The molecule has 9 heteroatoms. The Balaban J connectivity index is 1.51. The normalized spacial score (nSPS) is 18.8. The standard InChI is InChI=1S/C18H20N4O3S2/c1-11-14(12(2)22(21-11)13-7-8-27(24,25)10-13)9-17(23)20-18-19-15-5-3-4-6-16(15)26-18/h3-6,13H,7-10H2,1-2H3,(H,19,20,23). The first-order chi connectivity index (χ1) is 12.8. The zero-order chi connectivity index (χ0) is 19.2. The summed E-state index contributed by atoms with van der Waals surface area (Å²) in [4.78, 5) is 16.9. The molecule has 1 amide bonds. The molecule has 1 aliphatic rings. The molecule has 3 aromatic rings. The van der Waals surface area contributed by atoms with Crippen LogP contribution in [0.4, 0.5) is 5.13 Å². The fourth-order valence-electron chi connectivity index (χ4n) is 3.53. The molecule has 4 rings (SSSR count). The number of thiazole rings is 1. The lowest BCUT2D eigenvalue weighted by Crippen LogP contribution is -2.16. The van der Waals surface area contributed by atoms with E-state index in [0.29, 0.717) is 11.6 Å². The average Bonchev–Trinajstić information content (AvgIpc) is 3.25. The van der Waals surface area contributed by atoms with Crippen LogP contribution < -0.4 is 5.32 Å². The fourth-order valence-corrected chi connectivity index (χ4v) is 6.10. The molecule has 1 aromatic carbocycles. The molecule has 0 bridgehead atoms. The van der Waals surface area contributed by atoms with E-state index in [0.717, 1.165) is 27.2 Å². The Morgan fingerprint density at radius 2 is 2.11 bits per heavy atom. The van der Waals surface area contributed by atoms with Gasteiger partial charge >= 0.3 is 0 Å². The number of carbonyl (C=O) groups is 1. The van der Waals surface area contributed by atoms with Crippen molar-refractivity contribution in [1.82, 2.24) is 14.8 Å². The number of hydrogen-bond acceptors (Lipinski definition) is 6. The number of fused-ring (bicyclic) bond motifs is 1. The molecule has 7 nitrogen and oxygen atoms in total. The second-order valence-electron chi connectivity index (χ2n) is 6.86. The molecule has 0 radical (unpaired) electrons. The molecule has 1 N–H and O–H groups in total. The lowest BCUT2D eigenvalue weighted by molar-refractivity contribution is -0.115. The Morgan fingerprint density at radius 1 is 1.33 bits per heavy atom. The van der Waals surface area contributed by atoms with Gasteiger partial charge in [0.1, 0.15) is 0 Å². The minimum atomic E-state index is -2.99. The van der Waals surface area contributed by atoms with Gasteiger partial charge in [0, 0.05) is 11.3 Å². The van der Waals surface area contributed by atoms with Crippen LogP contribution in [0.5, 0.6) is 0 Å². The number of para-hydroxylation sites is 1. The van der Waals surface area contributed by atoms with Crippen molar-refractivity contribution in [3.05, 3.63) is 41.2 Å². The maximum atomic E-state index is 12.5. The number of nitrogens with zero attached hydrogens (tertiary/aromatic N) is 3. The predicted octanol–water partition coefficient (Wildman–Crippen LogP) is 2.65. The molecule has 0 saturated carbocycles. The third kappa shape index (κ3) is 3.61. The number of benzene rings is 1. The van der Waals surface area contributed by atoms with Crippen molar-refractivity contribution in [3.63, 3.8) is 0 Å². The van der Waals surface area contributed by atoms with E-state index in [-0.39, 0.29) is 29.9 Å². The van der Waals surface area contributed by atoms with Crippen molar-refractivity contribution in [2.24, 2.45) is 0 Å². The lowest BCUT2D eigenvalue weighted by atomic mass is 10.1. The highest BCUT2D eigenvalue weighted by Gasteiger charge is 2.31. The van der Waals surface area contributed by atoms with Crippen LogP contribution in [0.15, 0.2) is 24.3 Å². The molecule has 1 unspecified atom stereocenters. The number of hydrogen-bond donors (Lipinski definition) is 1. The number of rotatable bonds is 4. The van der Waals surface area contributed by atoms with E-state index in [1.807, 2.05) is 38.1 Å². The van der Waals surface area contributed by atoms with Gasteiger partial charge in [0.2, 0.25) is 5.91 Å². The lowest BCUT2D eigenvalue weighted by Gasteiger charge is -2.11. The predicted molar refractivity (Wildman–Crippen MR) is 106 cm³/mol. The van der Waals surface area contributed by atoms with Crippen molar-refractivity contribution >= 4 is 42.4 Å². The van der Waals surface area contributed by atoms with E-state index >= 15 is 0 Å². The van der Waals surface area contributed by atoms with Crippen LogP contribution in [0.3, 0.4) is 0 Å². The van der Waals surface area contributed by atoms with Crippen LogP contribution in [0.1, 0.15) is 29.4 Å². The van der Waals surface area contributed by atoms with Crippen molar-refractivity contribution in [2.45, 2.75) is 32.7 Å². The molecular weight excluding hydrogens is 384 g/mol. The van der Waals surface area contributed by atoms with Gasteiger partial charge < -0.3 is 5.32 Å². The van der Waals surface area contributed by atoms with Gasteiger partial charge in [-0.15, -0.1) is 0 Å². The monoisotopic (exact) mass is 404 g/mol. The van der Waals surface area contributed by atoms with E-state index < -0.39 is 9.84 Å². The van der Waals surface area contributed by atoms with Crippen LogP contribution in [-0.4, -0.2) is 40.6 Å². The molecule has 3 heterocycles. The Labute approximate surface area is 161 Å². The van der Waals surface area contributed by atoms with Gasteiger partial charge in [0.05, 0.1) is 39.9 Å². The van der Waals surface area contributed by atoms with E-state index in [1.165, 1.54) is 11.3 Å². The number of carbonyl (C=O) groups excluding carboxylic acids is 1. The number of aryl methyl sites for hydroxylation is 1. The quantitative estimate of drug-likeness (QED) is 0.721. The van der Waals surface area contributed by atoms with Crippen molar-refractivity contribution in [2.75, 3.05) is 16.8 Å². The summed E-state index contributed by atoms with van der Waals surface area (Å²) in [6.07, 6.45) is 0.759. The molecule has 142 valence electrons. The molecule has 0 aliphatic carbocycles. The number of nitrogens with one attached hydrogen (secondary N) is 1. The third-order valence-electron chi connectivity index (χ3n) is 4.91. The maximum Gasteiger partial charge on any atom is 0.230 e. The first kappa shape index (κ1) is 18.1. The zero-order valence-electron chi connectivity index (χ0n) is 15.1. The Morgan fingerprint density at radius 3 is 2.81 bits per heavy atom. The average molecular weight is 405 g/mol. The van der Waals surface area contributed by atoms with Crippen LogP contribution in [0, 0.1) is 13.8 Å². The van der Waals surface area contributed by atoms with Crippen molar-refractivity contribution < 1.29 is 13.2 Å². The first-order valence-electron chi connectivity index (χ1n) is 8.73. The Hall–Kier alpha value is -2.26. The molecule has 0 spiro atoms. The summed E-state index contributed by atoms with van der Waals surface area (Å²) in [5.41, 5.74) is 3.32. The highest BCUT2D eigenvalue weighted by Crippen LogP contribution is 2.28. The third-order valence-corrected chi connectivity index (χ3v) is 7.61. The van der Waals surface area contributed by atoms with Crippen LogP contribution in [-0.2, 0) is 21.1 Å². The second-order valence-corrected chi connectivity index (χ2v) is 10.1. The SMILES string of the molecule is Cc1nn(C2CCS(=O)(=O)C2)c(C)c1CC(=O)Nc1nc2ccccc2s1. The topological polar surface area (TPSA) is 94.0 Å². The number of sulfone groups is 1. The Bertz CT molecular complexity index is 1100. The minimum Gasteiger partial charge on any atom is -0.302 e. The highest BCUT2D eigenvalue weighted by atomic mass is 32.2. The second kappa shape index (κ2) is 6.72. The summed E-state index contributed by atoms with van der Waals surface area (Å²) in [5, 5.41) is 7.95. The van der Waals surface area contributed by atoms with Gasteiger partial charge in [-0.1, -0.05) is 23.5 Å². The summed E-state index contributed by atoms with van der Waals surface area (Å²) in [6.45, 7) is 3.75. The minimum absolute atomic E-state index is 0.117. The van der Waals surface area contributed by atoms with E-state index in [4.69, 9.17) is 0 Å². The van der Waals surface area contributed by atoms with Crippen molar-refractivity contribution in [3.8, 4) is 0 Å². The number of amides is 1. The van der Waals surface area contributed by atoms with Crippen LogP contribution >= 0.6 is 11.3 Å². The van der Waals surface area contributed by atoms with Gasteiger partial charge in [-0.25, -0.2) is 13.4 Å². The van der Waals surface area contributed by atoms with Gasteiger partial charge in [0.15, 0.2) is 15.0 Å². The zero-order valence-corrected chi connectivity index (χ0v) is 16.7. The highest BCUT2D eigenvalue weighted by molar-refractivity contribution is 7.91. The molecule has 1 atom stereocenters. The van der Waals surface area contributed by atoms with Gasteiger partial charge in [-0.2, -0.15) is 5.10 Å². The fraction of sp³-hybridized carbons (Fsp3) is 0.389. The Kier molecular flexibility index (Phi) is 4.51. The number of aromatic nitrogens is 3.